The zero-order chi connectivity index (χ0) is 20.7. The molecule has 28 heavy (non-hydrogen) atoms. The fourth-order valence-corrected chi connectivity index (χ4v) is 2.85. The molecule has 0 spiro atoms. The van der Waals surface area contributed by atoms with Crippen LogP contribution in [0.3, 0.4) is 0 Å². The van der Waals surface area contributed by atoms with E-state index in [0.717, 1.165) is 0 Å². The first-order valence-corrected chi connectivity index (χ1v) is 9.42. The van der Waals surface area contributed by atoms with Crippen LogP contribution in [-0.4, -0.2) is 42.4 Å². The SMILES string of the molecule is CCN(CC)C(=O)c1cccc(NC(=O)COC(=O)c2cc(Cl)ccc2Cl)c1. The van der Waals surface area contributed by atoms with E-state index in [1.54, 1.807) is 35.2 Å². The van der Waals surface area contributed by atoms with Crippen LogP contribution < -0.4 is 5.32 Å². The lowest BCUT2D eigenvalue weighted by atomic mass is 10.1. The summed E-state index contributed by atoms with van der Waals surface area (Å²) in [5.41, 5.74) is 0.970. The van der Waals surface area contributed by atoms with Gasteiger partial charge in [0.1, 0.15) is 0 Å². The Kier molecular flexibility index (Phi) is 7.84. The molecule has 148 valence electrons. The van der Waals surface area contributed by atoms with Gasteiger partial charge in [-0.2, -0.15) is 0 Å². The Hall–Kier alpha value is -2.57. The molecule has 8 heteroatoms. The van der Waals surface area contributed by atoms with Gasteiger partial charge in [0, 0.05) is 29.4 Å². The molecule has 0 bridgehead atoms. The van der Waals surface area contributed by atoms with Crippen molar-refractivity contribution in [3.05, 3.63) is 63.6 Å². The fourth-order valence-electron chi connectivity index (χ4n) is 2.48. The Labute approximate surface area is 173 Å². The predicted molar refractivity (Wildman–Crippen MR) is 109 cm³/mol. The zero-order valence-electron chi connectivity index (χ0n) is 15.5. The molecular weight excluding hydrogens is 403 g/mol. The third kappa shape index (κ3) is 5.71. The van der Waals surface area contributed by atoms with Crippen LogP contribution in [0.25, 0.3) is 0 Å². The van der Waals surface area contributed by atoms with Gasteiger partial charge in [-0.1, -0.05) is 29.3 Å². The third-order valence-corrected chi connectivity index (χ3v) is 4.49. The van der Waals surface area contributed by atoms with Crippen molar-refractivity contribution in [2.24, 2.45) is 0 Å². The van der Waals surface area contributed by atoms with Crippen LogP contribution in [0.2, 0.25) is 10.0 Å². The van der Waals surface area contributed by atoms with Gasteiger partial charge in [0.2, 0.25) is 0 Å². The second-order valence-electron chi connectivity index (χ2n) is 5.81. The highest BCUT2D eigenvalue weighted by Crippen LogP contribution is 2.21. The summed E-state index contributed by atoms with van der Waals surface area (Å²) in [6, 6.07) is 11.0. The molecule has 2 aromatic carbocycles. The van der Waals surface area contributed by atoms with Crippen molar-refractivity contribution < 1.29 is 19.1 Å². The number of halogens is 2. The molecule has 6 nitrogen and oxygen atoms in total. The van der Waals surface area contributed by atoms with E-state index in [4.69, 9.17) is 27.9 Å². The summed E-state index contributed by atoms with van der Waals surface area (Å²) in [6.07, 6.45) is 0. The van der Waals surface area contributed by atoms with Gasteiger partial charge in [-0.25, -0.2) is 4.79 Å². The number of amides is 2. The second-order valence-corrected chi connectivity index (χ2v) is 6.65. The third-order valence-electron chi connectivity index (χ3n) is 3.93. The lowest BCUT2D eigenvalue weighted by Gasteiger charge is -2.19. The number of nitrogens with zero attached hydrogens (tertiary/aromatic N) is 1. The minimum atomic E-state index is -0.756. The first-order valence-electron chi connectivity index (χ1n) is 8.67. The van der Waals surface area contributed by atoms with Gasteiger partial charge >= 0.3 is 5.97 Å². The number of carbonyl (C=O) groups is 3. The average Bonchev–Trinajstić information content (AvgIpc) is 2.69. The van der Waals surface area contributed by atoms with Gasteiger partial charge < -0.3 is 15.0 Å². The lowest BCUT2D eigenvalue weighted by Crippen LogP contribution is -2.30. The number of hydrogen-bond donors (Lipinski definition) is 1. The number of anilines is 1. The lowest BCUT2D eigenvalue weighted by molar-refractivity contribution is -0.119. The maximum atomic E-state index is 12.4. The molecule has 0 heterocycles. The summed E-state index contributed by atoms with van der Waals surface area (Å²) in [5, 5.41) is 3.11. The van der Waals surface area contributed by atoms with E-state index >= 15 is 0 Å². The number of esters is 1. The average molecular weight is 423 g/mol. The summed E-state index contributed by atoms with van der Waals surface area (Å²) in [4.78, 5) is 38.2. The minimum Gasteiger partial charge on any atom is -0.452 e. The standard InChI is InChI=1S/C20H20Cl2N2O4/c1-3-24(4-2)19(26)13-6-5-7-15(10-13)23-18(25)12-28-20(27)16-11-14(21)8-9-17(16)22/h5-11H,3-4,12H2,1-2H3,(H,23,25). The molecule has 0 aromatic heterocycles. The van der Waals surface area contributed by atoms with Gasteiger partial charge in [0.15, 0.2) is 6.61 Å². The van der Waals surface area contributed by atoms with Crippen molar-refractivity contribution in [1.29, 1.82) is 0 Å². The molecule has 0 aliphatic rings. The molecule has 0 aliphatic heterocycles. The normalized spacial score (nSPS) is 10.3. The van der Waals surface area contributed by atoms with Crippen LogP contribution in [-0.2, 0) is 9.53 Å². The first kappa shape index (κ1) is 21.7. The second kappa shape index (κ2) is 10.1. The highest BCUT2D eigenvalue weighted by Gasteiger charge is 2.16. The van der Waals surface area contributed by atoms with E-state index in [9.17, 15) is 14.4 Å². The van der Waals surface area contributed by atoms with Crippen LogP contribution in [0.1, 0.15) is 34.6 Å². The molecule has 2 rings (SSSR count). The molecule has 2 aromatic rings. The van der Waals surface area contributed by atoms with E-state index in [-0.39, 0.29) is 16.5 Å². The summed E-state index contributed by atoms with van der Waals surface area (Å²) in [6.45, 7) is 4.47. The smallest absolute Gasteiger partial charge is 0.340 e. The maximum absolute atomic E-state index is 12.4. The van der Waals surface area contributed by atoms with Crippen LogP contribution in [0.5, 0.6) is 0 Å². The molecule has 2 amide bonds. The highest BCUT2D eigenvalue weighted by molar-refractivity contribution is 6.35. The molecule has 0 unspecified atom stereocenters. The van der Waals surface area contributed by atoms with Gasteiger partial charge in [0.05, 0.1) is 10.6 Å². The Morgan fingerprint density at radius 2 is 1.75 bits per heavy atom. The van der Waals surface area contributed by atoms with Gasteiger partial charge in [-0.15, -0.1) is 0 Å². The van der Waals surface area contributed by atoms with Crippen molar-refractivity contribution in [2.75, 3.05) is 25.0 Å². The van der Waals surface area contributed by atoms with E-state index < -0.39 is 18.5 Å². The molecule has 0 fully saturated rings. The predicted octanol–water partition coefficient (Wildman–Crippen LogP) is 4.27. The zero-order valence-corrected chi connectivity index (χ0v) is 17.0. The first-order chi connectivity index (χ1) is 13.3. The molecule has 0 saturated carbocycles. The minimum absolute atomic E-state index is 0.0776. The molecule has 0 aliphatic carbocycles. The van der Waals surface area contributed by atoms with Crippen molar-refractivity contribution >= 4 is 46.7 Å². The Bertz CT molecular complexity index is 882. The van der Waals surface area contributed by atoms with E-state index in [1.165, 1.54) is 12.1 Å². The Balaban J connectivity index is 1.98. The topological polar surface area (TPSA) is 75.7 Å². The van der Waals surface area contributed by atoms with Crippen LogP contribution in [0.15, 0.2) is 42.5 Å². The number of hydrogen-bond acceptors (Lipinski definition) is 4. The van der Waals surface area contributed by atoms with Crippen molar-refractivity contribution in [2.45, 2.75) is 13.8 Å². The van der Waals surface area contributed by atoms with Gasteiger partial charge in [0.25, 0.3) is 11.8 Å². The van der Waals surface area contributed by atoms with E-state index in [1.807, 2.05) is 13.8 Å². The van der Waals surface area contributed by atoms with Crippen molar-refractivity contribution in [3.63, 3.8) is 0 Å². The molecule has 0 saturated heterocycles. The number of ether oxygens (including phenoxy) is 1. The highest BCUT2D eigenvalue weighted by atomic mass is 35.5. The van der Waals surface area contributed by atoms with Gasteiger partial charge in [-0.05, 0) is 50.2 Å². The molecular formula is C20H20Cl2N2O4. The van der Waals surface area contributed by atoms with Crippen molar-refractivity contribution in [3.8, 4) is 0 Å². The van der Waals surface area contributed by atoms with Crippen LogP contribution in [0, 0.1) is 0 Å². The summed E-state index contributed by atoms with van der Waals surface area (Å²) in [7, 11) is 0. The fraction of sp³-hybridized carbons (Fsp3) is 0.250. The number of nitrogens with one attached hydrogen (secondary N) is 1. The maximum Gasteiger partial charge on any atom is 0.340 e. The molecule has 0 radical (unpaired) electrons. The number of rotatable bonds is 7. The largest absolute Gasteiger partial charge is 0.452 e. The molecule has 1 N–H and O–H groups in total. The van der Waals surface area contributed by atoms with Crippen molar-refractivity contribution in [1.82, 2.24) is 4.90 Å². The summed E-state index contributed by atoms with van der Waals surface area (Å²) < 4.78 is 4.98. The van der Waals surface area contributed by atoms with E-state index in [0.29, 0.717) is 29.4 Å². The number of carbonyl (C=O) groups excluding carboxylic acids is 3. The summed E-state index contributed by atoms with van der Waals surface area (Å²) in [5.74, 6) is -1.42. The van der Waals surface area contributed by atoms with E-state index in [2.05, 4.69) is 5.32 Å². The van der Waals surface area contributed by atoms with Crippen LogP contribution >= 0.6 is 23.2 Å². The Morgan fingerprint density at radius 1 is 1.04 bits per heavy atom. The quantitative estimate of drug-likeness (QED) is 0.675. The van der Waals surface area contributed by atoms with Crippen LogP contribution in [0.4, 0.5) is 5.69 Å². The Morgan fingerprint density at radius 3 is 2.43 bits per heavy atom. The monoisotopic (exact) mass is 422 g/mol. The summed E-state index contributed by atoms with van der Waals surface area (Å²) >= 11 is 11.8. The van der Waals surface area contributed by atoms with Gasteiger partial charge in [-0.3, -0.25) is 9.59 Å². The molecule has 0 atom stereocenters. The number of benzene rings is 2.